The van der Waals surface area contributed by atoms with E-state index in [-0.39, 0.29) is 0 Å². The van der Waals surface area contributed by atoms with Crippen molar-refractivity contribution in [2.75, 3.05) is 0 Å². The second-order valence-corrected chi connectivity index (χ2v) is 17.0. The maximum Gasteiger partial charge on any atom is 0.143 e. The van der Waals surface area contributed by atoms with Crippen LogP contribution >= 0.6 is 0 Å². The van der Waals surface area contributed by atoms with Crippen molar-refractivity contribution >= 4 is 182 Å². The largest absolute Gasteiger partial charge is 0.455 e. The van der Waals surface area contributed by atoms with Crippen molar-refractivity contribution in [1.82, 2.24) is 0 Å². The lowest BCUT2D eigenvalue weighted by Gasteiger charge is -2.28. The van der Waals surface area contributed by atoms with E-state index in [2.05, 4.69) is 196 Å². The molecule has 0 saturated heterocycles. The van der Waals surface area contributed by atoms with E-state index in [1.165, 1.54) is 126 Å². The lowest BCUT2D eigenvalue weighted by Crippen LogP contribution is -2.50. The van der Waals surface area contributed by atoms with Gasteiger partial charge in [-0.1, -0.05) is 125 Å². The standard InChI is InChI=1S/C50H38B8O/c51-42-38-36(28-9-5-8-25(21-28)26-15-17-31-27(20-26)13-12-23-6-1-3-10-30(23)31)39-41(45(54)49(58)47(56)43(39)52)37(40(38)44(53)48(57)46(42)55)29-16-19-35-34(22-29)33-18-14-24-7-2-4-11-32(24)50(33)59-35/h1-22H,51-58H2. The molecular weight excluding hydrogens is 703 g/mol. The topological polar surface area (TPSA) is 13.1 Å². The summed E-state index contributed by atoms with van der Waals surface area (Å²) in [6.45, 7) is 0. The molecule has 0 N–H and O–H groups in total. The molecule has 268 valence electrons. The van der Waals surface area contributed by atoms with Crippen molar-refractivity contribution in [3.63, 3.8) is 0 Å². The minimum atomic E-state index is 0.920. The molecule has 9 heteroatoms. The highest BCUT2D eigenvalue weighted by atomic mass is 16.3. The quantitative estimate of drug-likeness (QED) is 0.146. The summed E-state index contributed by atoms with van der Waals surface area (Å²) in [5.74, 6) is 0. The SMILES string of the molecule is Bc1c(B)c(B)c2c(-c3ccc4oc5c6ccccc6ccc5c4c3)c3c(B)c(B)c(B)c(B)c3c(-c3cccc(-c4ccc5c(ccc6ccccc65)c4)c3)c2c1B. The smallest absolute Gasteiger partial charge is 0.143 e. The lowest BCUT2D eigenvalue weighted by molar-refractivity contribution is 0.672. The summed E-state index contributed by atoms with van der Waals surface area (Å²) in [7, 11) is 18.6. The predicted octanol–water partition coefficient (Wildman–Crippen LogP) is 0.420. The van der Waals surface area contributed by atoms with Gasteiger partial charge >= 0.3 is 0 Å². The van der Waals surface area contributed by atoms with Crippen LogP contribution in [0.4, 0.5) is 0 Å². The third-order valence-corrected chi connectivity index (χ3v) is 14.3. The first-order valence-corrected chi connectivity index (χ1v) is 20.9. The molecular formula is C50H38B8O. The molecule has 0 aliphatic rings. The Balaban J connectivity index is 1.24. The second kappa shape index (κ2) is 13.2. The molecule has 11 aromatic rings. The van der Waals surface area contributed by atoms with Crippen molar-refractivity contribution in [3.05, 3.63) is 133 Å². The van der Waals surface area contributed by atoms with Gasteiger partial charge in [-0.05, 0) is 112 Å². The van der Waals surface area contributed by atoms with E-state index in [1.807, 2.05) is 0 Å². The number of hydrogen-bond donors (Lipinski definition) is 0. The third kappa shape index (κ3) is 5.16. The first-order valence-electron chi connectivity index (χ1n) is 20.9. The van der Waals surface area contributed by atoms with E-state index in [9.17, 15) is 0 Å². The molecule has 11 rings (SSSR count). The fraction of sp³-hybridized carbons (Fsp3) is 0. The van der Waals surface area contributed by atoms with Gasteiger partial charge in [0.05, 0.1) is 0 Å². The van der Waals surface area contributed by atoms with Gasteiger partial charge < -0.3 is 4.42 Å². The van der Waals surface area contributed by atoms with E-state index in [4.69, 9.17) is 4.42 Å². The molecule has 0 amide bonds. The maximum absolute atomic E-state index is 6.65. The molecule has 0 fully saturated rings. The van der Waals surface area contributed by atoms with Crippen LogP contribution in [0.2, 0.25) is 0 Å². The first kappa shape index (κ1) is 35.9. The molecule has 0 aliphatic heterocycles. The predicted molar refractivity (Wildman–Crippen MR) is 283 cm³/mol. The van der Waals surface area contributed by atoms with Crippen molar-refractivity contribution in [3.8, 4) is 33.4 Å². The van der Waals surface area contributed by atoms with E-state index >= 15 is 0 Å². The Morgan fingerprint density at radius 1 is 0.288 bits per heavy atom. The van der Waals surface area contributed by atoms with Gasteiger partial charge in [0.15, 0.2) is 0 Å². The average molecular weight is 741 g/mol. The van der Waals surface area contributed by atoms with Gasteiger partial charge in [0.1, 0.15) is 73.9 Å². The van der Waals surface area contributed by atoms with Gasteiger partial charge in [0.2, 0.25) is 0 Å². The highest BCUT2D eigenvalue weighted by Crippen LogP contribution is 2.44. The minimum absolute atomic E-state index is 0.920. The zero-order valence-corrected chi connectivity index (χ0v) is 35.1. The van der Waals surface area contributed by atoms with Crippen LogP contribution < -0.4 is 43.7 Å². The van der Waals surface area contributed by atoms with E-state index in [0.717, 1.165) is 27.3 Å². The monoisotopic (exact) mass is 742 g/mol. The normalized spacial score (nSPS) is 11.9. The highest BCUT2D eigenvalue weighted by molar-refractivity contribution is 6.71. The molecule has 0 spiro atoms. The van der Waals surface area contributed by atoms with Crippen LogP contribution in [0.1, 0.15) is 0 Å². The van der Waals surface area contributed by atoms with Crippen LogP contribution in [0.5, 0.6) is 0 Å². The van der Waals surface area contributed by atoms with Gasteiger partial charge in [-0.25, -0.2) is 0 Å². The van der Waals surface area contributed by atoms with Gasteiger partial charge in [0.25, 0.3) is 0 Å². The third-order valence-electron chi connectivity index (χ3n) is 14.3. The van der Waals surface area contributed by atoms with Gasteiger partial charge in [-0.15, -0.1) is 21.9 Å². The molecule has 0 bridgehead atoms. The molecule has 1 nitrogen and oxygen atoms in total. The van der Waals surface area contributed by atoms with Gasteiger partial charge in [-0.3, -0.25) is 0 Å². The number of rotatable bonds is 3. The van der Waals surface area contributed by atoms with Crippen LogP contribution in [0.25, 0.3) is 109 Å². The summed E-state index contributed by atoms with van der Waals surface area (Å²) >= 11 is 0. The molecule has 0 saturated carbocycles. The zero-order chi connectivity index (χ0) is 40.4. The van der Waals surface area contributed by atoms with Crippen molar-refractivity contribution < 1.29 is 4.42 Å². The van der Waals surface area contributed by atoms with E-state index in [1.54, 1.807) is 0 Å². The maximum atomic E-state index is 6.65. The Morgan fingerprint density at radius 2 is 0.746 bits per heavy atom. The summed E-state index contributed by atoms with van der Waals surface area (Å²) < 4.78 is 6.65. The molecule has 0 aliphatic carbocycles. The molecule has 10 aromatic carbocycles. The fourth-order valence-electron chi connectivity index (χ4n) is 10.4. The highest BCUT2D eigenvalue weighted by Gasteiger charge is 2.26. The number of furan rings is 1. The molecule has 1 aromatic heterocycles. The van der Waals surface area contributed by atoms with Crippen LogP contribution in [0, 0.1) is 0 Å². The number of hydrogen-bond acceptors (Lipinski definition) is 1. The van der Waals surface area contributed by atoms with Crippen molar-refractivity contribution in [1.29, 1.82) is 0 Å². The Hall–Kier alpha value is -6.18. The summed E-state index contributed by atoms with van der Waals surface area (Å²) in [6, 6.07) is 49.4. The molecule has 1 heterocycles. The molecule has 59 heavy (non-hydrogen) atoms. The summed E-state index contributed by atoms with van der Waals surface area (Å²) in [5, 5.41) is 15.2. The Morgan fingerprint density at radius 3 is 1.39 bits per heavy atom. The number of benzene rings is 10. The van der Waals surface area contributed by atoms with Crippen LogP contribution in [0.15, 0.2) is 138 Å². The molecule has 0 radical (unpaired) electrons. The minimum Gasteiger partial charge on any atom is -0.455 e. The summed E-state index contributed by atoms with van der Waals surface area (Å²) in [4.78, 5) is 0. The van der Waals surface area contributed by atoms with Gasteiger partial charge in [-0.2, -0.15) is 0 Å². The molecule has 0 atom stereocenters. The second-order valence-electron chi connectivity index (χ2n) is 17.0. The fourth-order valence-corrected chi connectivity index (χ4v) is 10.4. The van der Waals surface area contributed by atoms with Crippen molar-refractivity contribution in [2.24, 2.45) is 0 Å². The lowest BCUT2D eigenvalue weighted by atomic mass is 9.59. The molecule has 0 unspecified atom stereocenters. The van der Waals surface area contributed by atoms with E-state index in [0.29, 0.717) is 0 Å². The number of fused-ring (bicyclic) bond motifs is 10. The first-order chi connectivity index (χ1) is 28.6. The zero-order valence-electron chi connectivity index (χ0n) is 35.1. The Bertz CT molecular complexity index is 3580. The Labute approximate surface area is 351 Å². The van der Waals surface area contributed by atoms with Gasteiger partial charge in [0, 0.05) is 16.2 Å². The summed E-state index contributed by atoms with van der Waals surface area (Å²) in [6.07, 6.45) is 0. The van der Waals surface area contributed by atoms with Crippen molar-refractivity contribution in [2.45, 2.75) is 0 Å². The van der Waals surface area contributed by atoms with E-state index < -0.39 is 0 Å². The Kier molecular flexibility index (Phi) is 8.02. The van der Waals surface area contributed by atoms with Crippen LogP contribution in [-0.4, -0.2) is 62.8 Å². The summed E-state index contributed by atoms with van der Waals surface area (Å²) in [5.41, 5.74) is 20.3. The average Bonchev–Trinajstić information content (AvgIpc) is 3.66. The van der Waals surface area contributed by atoms with Crippen LogP contribution in [-0.2, 0) is 0 Å². The van der Waals surface area contributed by atoms with Crippen LogP contribution in [0.3, 0.4) is 0 Å².